The summed E-state index contributed by atoms with van der Waals surface area (Å²) in [5.74, 6) is 1.33. The molecular weight excluding hydrogens is 393 g/mol. The molecule has 132 valence electrons. The molecule has 0 saturated carbocycles. The number of hydrogen-bond donors (Lipinski definition) is 0. The monoisotopic (exact) mass is 405 g/mol. The van der Waals surface area contributed by atoms with Crippen molar-refractivity contribution in [2.45, 2.75) is 6.92 Å². The van der Waals surface area contributed by atoms with Crippen LogP contribution in [0.2, 0.25) is 10.4 Å². The lowest BCUT2D eigenvalue weighted by molar-refractivity contribution is 0.355. The summed E-state index contributed by atoms with van der Waals surface area (Å²) in [5.41, 5.74) is 3.54. The minimum atomic E-state index is 0.130. The van der Waals surface area contributed by atoms with Gasteiger partial charge < -0.3 is 9.47 Å². The molecule has 0 radical (unpaired) electrons. The van der Waals surface area contributed by atoms with Crippen LogP contribution in [0.15, 0.2) is 24.3 Å². The van der Waals surface area contributed by atoms with Crippen molar-refractivity contribution < 1.29 is 9.47 Å². The van der Waals surface area contributed by atoms with Crippen LogP contribution in [0.25, 0.3) is 31.7 Å². The van der Waals surface area contributed by atoms with E-state index in [1.807, 2.05) is 31.2 Å². The second kappa shape index (κ2) is 6.54. The summed E-state index contributed by atoms with van der Waals surface area (Å²) in [7, 11) is 3.22. The van der Waals surface area contributed by atoms with Crippen LogP contribution in [0.4, 0.5) is 0 Å². The van der Waals surface area contributed by atoms with E-state index in [2.05, 4.69) is 9.97 Å². The zero-order chi connectivity index (χ0) is 18.4. The molecule has 4 rings (SSSR count). The first-order valence-corrected chi connectivity index (χ1v) is 9.24. The molecule has 0 bridgehead atoms. The van der Waals surface area contributed by atoms with Gasteiger partial charge in [0.15, 0.2) is 16.7 Å². The Hall–Kier alpha value is -2.15. The Kier molecular flexibility index (Phi) is 4.34. The van der Waals surface area contributed by atoms with E-state index in [0.717, 1.165) is 37.3 Å². The SMILES string of the molecule is COc1ccc(-c2cc(C)c3c(n2)sc2c(Cl)nc(Cl)nc23)cc1OC. The van der Waals surface area contributed by atoms with Gasteiger partial charge in [0, 0.05) is 10.9 Å². The molecule has 0 N–H and O–H groups in total. The van der Waals surface area contributed by atoms with E-state index in [-0.39, 0.29) is 5.28 Å². The van der Waals surface area contributed by atoms with Crippen molar-refractivity contribution >= 4 is 55.0 Å². The number of halogens is 2. The van der Waals surface area contributed by atoms with E-state index in [0.29, 0.717) is 16.7 Å². The highest BCUT2D eigenvalue weighted by molar-refractivity contribution is 7.26. The minimum absolute atomic E-state index is 0.130. The summed E-state index contributed by atoms with van der Waals surface area (Å²) in [5, 5.41) is 1.42. The van der Waals surface area contributed by atoms with Crippen LogP contribution < -0.4 is 9.47 Å². The molecule has 1 aromatic carbocycles. The largest absolute Gasteiger partial charge is 0.493 e. The topological polar surface area (TPSA) is 57.1 Å². The molecular formula is C18H13Cl2N3O2S. The summed E-state index contributed by atoms with van der Waals surface area (Å²) in [6, 6.07) is 7.73. The maximum Gasteiger partial charge on any atom is 0.224 e. The molecule has 0 fully saturated rings. The minimum Gasteiger partial charge on any atom is -0.493 e. The fourth-order valence-corrected chi connectivity index (χ4v) is 4.47. The van der Waals surface area contributed by atoms with Crippen LogP contribution in [0.5, 0.6) is 11.5 Å². The van der Waals surface area contributed by atoms with Gasteiger partial charge in [0.1, 0.15) is 4.83 Å². The van der Waals surface area contributed by atoms with Gasteiger partial charge >= 0.3 is 0 Å². The van der Waals surface area contributed by atoms with E-state index in [9.17, 15) is 0 Å². The first-order valence-electron chi connectivity index (χ1n) is 7.67. The number of benzene rings is 1. The second-order valence-corrected chi connectivity index (χ2v) is 7.33. The average molecular weight is 406 g/mol. The molecule has 0 aliphatic heterocycles. The molecule has 3 heterocycles. The lowest BCUT2D eigenvalue weighted by atomic mass is 10.1. The lowest BCUT2D eigenvalue weighted by Gasteiger charge is -2.10. The molecule has 0 spiro atoms. The van der Waals surface area contributed by atoms with Crippen LogP contribution >= 0.6 is 34.5 Å². The Morgan fingerprint density at radius 2 is 1.73 bits per heavy atom. The van der Waals surface area contributed by atoms with E-state index >= 15 is 0 Å². The maximum atomic E-state index is 6.23. The zero-order valence-electron chi connectivity index (χ0n) is 14.1. The number of thiophene rings is 1. The second-order valence-electron chi connectivity index (χ2n) is 5.64. The van der Waals surface area contributed by atoms with Gasteiger partial charge in [-0.25, -0.2) is 15.0 Å². The fraction of sp³-hybridized carbons (Fsp3) is 0.167. The first kappa shape index (κ1) is 17.3. The first-order chi connectivity index (χ1) is 12.5. The normalized spacial score (nSPS) is 11.3. The number of rotatable bonds is 3. The molecule has 0 aliphatic rings. The fourth-order valence-electron chi connectivity index (χ4n) is 2.90. The third-order valence-electron chi connectivity index (χ3n) is 4.10. The highest BCUT2D eigenvalue weighted by Crippen LogP contribution is 2.39. The molecule has 0 aliphatic carbocycles. The Morgan fingerprint density at radius 1 is 0.962 bits per heavy atom. The van der Waals surface area contributed by atoms with Crippen LogP contribution in [0.1, 0.15) is 5.56 Å². The van der Waals surface area contributed by atoms with E-state index < -0.39 is 0 Å². The molecule has 8 heteroatoms. The van der Waals surface area contributed by atoms with Gasteiger partial charge in [0.05, 0.1) is 30.1 Å². The van der Waals surface area contributed by atoms with Gasteiger partial charge in [0.25, 0.3) is 0 Å². The molecule has 0 amide bonds. The third kappa shape index (κ3) is 2.74. The number of aromatic nitrogens is 3. The van der Waals surface area contributed by atoms with Gasteiger partial charge in [-0.1, -0.05) is 11.6 Å². The molecule has 4 aromatic rings. The standard InChI is InChI=1S/C18H13Cl2N3O2S/c1-8-6-10(9-4-5-11(24-2)12(7-9)25-3)21-17-13(8)14-15(26-17)16(19)23-18(20)22-14/h4-7H,1-3H3. The van der Waals surface area contributed by atoms with Crippen molar-refractivity contribution in [1.29, 1.82) is 0 Å². The van der Waals surface area contributed by atoms with Gasteiger partial charge in [-0.2, -0.15) is 0 Å². The number of pyridine rings is 1. The number of methoxy groups -OCH3 is 2. The van der Waals surface area contributed by atoms with Crippen LogP contribution in [0, 0.1) is 6.92 Å². The van der Waals surface area contributed by atoms with E-state index in [1.165, 1.54) is 11.3 Å². The number of ether oxygens (including phenoxy) is 2. The third-order valence-corrected chi connectivity index (χ3v) is 5.73. The van der Waals surface area contributed by atoms with E-state index in [1.54, 1.807) is 14.2 Å². The summed E-state index contributed by atoms with van der Waals surface area (Å²) in [4.78, 5) is 14.0. The summed E-state index contributed by atoms with van der Waals surface area (Å²) in [6.07, 6.45) is 0. The van der Waals surface area contributed by atoms with Gasteiger partial charge in [0.2, 0.25) is 5.28 Å². The van der Waals surface area contributed by atoms with Crippen molar-refractivity contribution in [3.63, 3.8) is 0 Å². The van der Waals surface area contributed by atoms with Gasteiger partial charge in [-0.3, -0.25) is 0 Å². The predicted molar refractivity (Wildman–Crippen MR) is 106 cm³/mol. The lowest BCUT2D eigenvalue weighted by Crippen LogP contribution is -1.92. The smallest absolute Gasteiger partial charge is 0.224 e. The van der Waals surface area contributed by atoms with Crippen molar-refractivity contribution in [3.05, 3.63) is 40.3 Å². The van der Waals surface area contributed by atoms with Gasteiger partial charge in [-0.15, -0.1) is 11.3 Å². The molecule has 3 aromatic heterocycles. The summed E-state index contributed by atoms with van der Waals surface area (Å²) < 4.78 is 11.5. The maximum absolute atomic E-state index is 6.23. The Labute approximate surface area is 163 Å². The quantitative estimate of drug-likeness (QED) is 0.330. The molecule has 26 heavy (non-hydrogen) atoms. The Balaban J connectivity index is 1.96. The van der Waals surface area contributed by atoms with Crippen LogP contribution in [-0.2, 0) is 0 Å². The van der Waals surface area contributed by atoms with Crippen LogP contribution in [0.3, 0.4) is 0 Å². The molecule has 0 saturated heterocycles. The van der Waals surface area contributed by atoms with Gasteiger partial charge in [-0.05, 0) is 48.4 Å². The highest BCUT2D eigenvalue weighted by atomic mass is 35.5. The van der Waals surface area contributed by atoms with Crippen molar-refractivity contribution in [2.24, 2.45) is 0 Å². The summed E-state index contributed by atoms with van der Waals surface area (Å²) >= 11 is 13.7. The van der Waals surface area contributed by atoms with E-state index in [4.69, 9.17) is 37.7 Å². The Bertz CT molecular complexity index is 1160. The number of fused-ring (bicyclic) bond motifs is 3. The number of aryl methyl sites for hydroxylation is 1. The Morgan fingerprint density at radius 3 is 2.46 bits per heavy atom. The molecule has 0 atom stereocenters. The number of hydrogen-bond acceptors (Lipinski definition) is 6. The predicted octanol–water partition coefficient (Wildman–Crippen LogP) is 5.54. The zero-order valence-corrected chi connectivity index (χ0v) is 16.5. The van der Waals surface area contributed by atoms with Crippen LogP contribution in [-0.4, -0.2) is 29.2 Å². The average Bonchev–Trinajstić information content (AvgIpc) is 3.00. The van der Waals surface area contributed by atoms with Crippen molar-refractivity contribution in [1.82, 2.24) is 15.0 Å². The van der Waals surface area contributed by atoms with Crippen molar-refractivity contribution in [2.75, 3.05) is 14.2 Å². The molecule has 0 unspecified atom stereocenters. The number of nitrogens with zero attached hydrogens (tertiary/aromatic N) is 3. The highest BCUT2D eigenvalue weighted by Gasteiger charge is 2.17. The van der Waals surface area contributed by atoms with Crippen molar-refractivity contribution in [3.8, 4) is 22.8 Å². The molecule has 5 nitrogen and oxygen atoms in total. The summed E-state index contributed by atoms with van der Waals surface area (Å²) in [6.45, 7) is 2.02.